The van der Waals surface area contributed by atoms with Crippen molar-refractivity contribution in [1.29, 1.82) is 0 Å². The van der Waals surface area contributed by atoms with E-state index in [1.807, 2.05) is 60.7 Å². The van der Waals surface area contributed by atoms with Gasteiger partial charge in [0.2, 0.25) is 5.95 Å². The van der Waals surface area contributed by atoms with Crippen LogP contribution in [0.2, 0.25) is 0 Å². The van der Waals surface area contributed by atoms with Gasteiger partial charge in [-0.2, -0.15) is 9.97 Å². The Morgan fingerprint density at radius 1 is 0.457 bits per heavy atom. The maximum absolute atomic E-state index is 5.10. The molecule has 46 heavy (non-hydrogen) atoms. The number of nitrogens with zero attached hydrogens (tertiary/aromatic N) is 5. The van der Waals surface area contributed by atoms with Crippen LogP contribution in [-0.4, -0.2) is 24.1 Å². The fourth-order valence-corrected chi connectivity index (χ4v) is 6.86. The second-order valence-corrected chi connectivity index (χ2v) is 11.8. The Hall–Kier alpha value is -6.07. The van der Waals surface area contributed by atoms with E-state index in [4.69, 9.17) is 15.0 Å². The Labute approximate surface area is 266 Å². The van der Waals surface area contributed by atoms with Crippen molar-refractivity contribution in [2.45, 2.75) is 13.8 Å². The van der Waals surface area contributed by atoms with Gasteiger partial charge in [0.15, 0.2) is 11.6 Å². The van der Waals surface area contributed by atoms with Crippen molar-refractivity contribution in [1.82, 2.24) is 24.1 Å². The van der Waals surface area contributed by atoms with Gasteiger partial charge >= 0.3 is 0 Å². The molecule has 0 bridgehead atoms. The molecule has 9 aromatic rings. The first-order valence-electron chi connectivity index (χ1n) is 15.6. The zero-order chi connectivity index (χ0) is 30.8. The highest BCUT2D eigenvalue weighted by Gasteiger charge is 2.22. The summed E-state index contributed by atoms with van der Waals surface area (Å²) in [6, 6.07) is 48.8. The molecule has 5 heteroatoms. The van der Waals surface area contributed by atoms with E-state index in [-0.39, 0.29) is 0 Å². The molecule has 0 radical (unpaired) electrons. The summed E-state index contributed by atoms with van der Waals surface area (Å²) in [7, 11) is 0. The molecule has 0 N–H and O–H groups in total. The number of hydrogen-bond donors (Lipinski definition) is 0. The first-order chi connectivity index (χ1) is 22.7. The van der Waals surface area contributed by atoms with Crippen LogP contribution >= 0.6 is 0 Å². The van der Waals surface area contributed by atoms with E-state index in [0.29, 0.717) is 17.6 Å². The summed E-state index contributed by atoms with van der Waals surface area (Å²) in [4.78, 5) is 15.1. The molecule has 0 aliphatic rings. The van der Waals surface area contributed by atoms with Gasteiger partial charge in [0.05, 0.1) is 16.6 Å². The molecule has 0 atom stereocenters. The maximum atomic E-state index is 5.10. The lowest BCUT2D eigenvalue weighted by molar-refractivity contribution is 0.903. The summed E-state index contributed by atoms with van der Waals surface area (Å²) in [6.07, 6.45) is 0. The predicted molar refractivity (Wildman–Crippen MR) is 189 cm³/mol. The molecule has 0 aliphatic heterocycles. The highest BCUT2D eigenvalue weighted by Crippen LogP contribution is 2.40. The summed E-state index contributed by atoms with van der Waals surface area (Å²) in [5.74, 6) is 1.91. The Balaban J connectivity index is 1.40. The second kappa shape index (κ2) is 10.2. The molecule has 218 valence electrons. The normalized spacial score (nSPS) is 11.7. The molecule has 3 aromatic heterocycles. The largest absolute Gasteiger partial charge is 0.309 e. The van der Waals surface area contributed by atoms with E-state index < -0.39 is 0 Å². The molecule has 0 saturated heterocycles. The number of para-hydroxylation sites is 1. The molecule has 0 unspecified atom stereocenters. The van der Waals surface area contributed by atoms with E-state index in [9.17, 15) is 0 Å². The van der Waals surface area contributed by atoms with E-state index in [1.165, 1.54) is 43.5 Å². The quantitative estimate of drug-likeness (QED) is 0.205. The van der Waals surface area contributed by atoms with Crippen molar-refractivity contribution in [2.75, 3.05) is 0 Å². The summed E-state index contributed by atoms with van der Waals surface area (Å²) in [5.41, 5.74) is 8.79. The third-order valence-corrected chi connectivity index (χ3v) is 9.20. The van der Waals surface area contributed by atoms with E-state index >= 15 is 0 Å². The highest BCUT2D eigenvalue weighted by atomic mass is 15.2. The van der Waals surface area contributed by atoms with Gasteiger partial charge in [-0.15, -0.1) is 0 Å². The molecule has 5 nitrogen and oxygen atoms in total. The van der Waals surface area contributed by atoms with Gasteiger partial charge in [-0.3, -0.25) is 4.57 Å². The van der Waals surface area contributed by atoms with Crippen molar-refractivity contribution >= 4 is 43.5 Å². The fraction of sp³-hybridized carbons (Fsp3) is 0.0488. The van der Waals surface area contributed by atoms with Crippen LogP contribution in [0.4, 0.5) is 0 Å². The van der Waals surface area contributed by atoms with Crippen molar-refractivity contribution < 1.29 is 0 Å². The molecule has 0 fully saturated rings. The maximum Gasteiger partial charge on any atom is 0.238 e. The van der Waals surface area contributed by atoms with Crippen LogP contribution in [0.25, 0.3) is 77.9 Å². The Morgan fingerprint density at radius 3 is 1.70 bits per heavy atom. The van der Waals surface area contributed by atoms with Crippen LogP contribution in [0.5, 0.6) is 0 Å². The minimum absolute atomic E-state index is 0.610. The molecular weight excluding hydrogens is 562 g/mol. The monoisotopic (exact) mass is 591 g/mol. The summed E-state index contributed by atoms with van der Waals surface area (Å²) < 4.78 is 4.61. The van der Waals surface area contributed by atoms with Crippen LogP contribution in [-0.2, 0) is 0 Å². The lowest BCUT2D eigenvalue weighted by Crippen LogP contribution is -2.07. The van der Waals surface area contributed by atoms with Crippen LogP contribution in [0, 0.1) is 13.8 Å². The lowest BCUT2D eigenvalue weighted by Gasteiger charge is -2.11. The number of aryl methyl sites for hydroxylation is 1. The highest BCUT2D eigenvalue weighted by molar-refractivity contribution is 6.23. The SMILES string of the molecule is Cc1c(C)n(-c2nc(-c3ccccc3)nc(-c3ccccc3)n2)c2cc3c4c5ccccc5ccc4n(-c4ccccc4)c3cc12. The third-order valence-electron chi connectivity index (χ3n) is 9.20. The van der Waals surface area contributed by atoms with E-state index in [2.05, 4.69) is 102 Å². The van der Waals surface area contributed by atoms with Crippen molar-refractivity contribution in [3.63, 3.8) is 0 Å². The molecule has 0 amide bonds. The molecule has 3 heterocycles. The molecular formula is C41H29N5. The van der Waals surface area contributed by atoms with Crippen LogP contribution < -0.4 is 0 Å². The topological polar surface area (TPSA) is 48.5 Å². The van der Waals surface area contributed by atoms with Crippen LogP contribution in [0.3, 0.4) is 0 Å². The Bertz CT molecular complexity index is 2520. The van der Waals surface area contributed by atoms with Crippen molar-refractivity contribution in [3.05, 3.63) is 151 Å². The molecule has 0 spiro atoms. The van der Waals surface area contributed by atoms with Gasteiger partial charge in [0.1, 0.15) is 0 Å². The Kier molecular flexibility index (Phi) is 5.87. The van der Waals surface area contributed by atoms with Gasteiger partial charge in [-0.05, 0) is 60.5 Å². The predicted octanol–water partition coefficient (Wildman–Crippen LogP) is 10.0. The average Bonchev–Trinajstić information content (AvgIpc) is 3.58. The first-order valence-corrected chi connectivity index (χ1v) is 15.6. The van der Waals surface area contributed by atoms with Gasteiger partial charge in [0.25, 0.3) is 0 Å². The van der Waals surface area contributed by atoms with Gasteiger partial charge < -0.3 is 4.57 Å². The van der Waals surface area contributed by atoms with E-state index in [1.54, 1.807) is 0 Å². The molecule has 0 aliphatic carbocycles. The first kappa shape index (κ1) is 26.3. The van der Waals surface area contributed by atoms with Crippen molar-refractivity contribution in [2.24, 2.45) is 0 Å². The second-order valence-electron chi connectivity index (χ2n) is 11.8. The van der Waals surface area contributed by atoms with Crippen LogP contribution in [0.1, 0.15) is 11.3 Å². The number of aromatic nitrogens is 5. The van der Waals surface area contributed by atoms with Crippen LogP contribution in [0.15, 0.2) is 140 Å². The Morgan fingerprint density at radius 2 is 1.02 bits per heavy atom. The minimum Gasteiger partial charge on any atom is -0.309 e. The third kappa shape index (κ3) is 3.99. The standard InChI is InChI=1S/C41H29N5/c1-26-27(2)45(41-43-39(29-15-6-3-7-16-29)42-40(44-41)30-17-8-4-9-18-30)36-25-34-37(24-33(26)36)46(31-19-10-5-11-20-31)35-23-22-28-14-12-13-21-32(28)38(34)35/h3-25H,1-2H3. The van der Waals surface area contributed by atoms with E-state index in [0.717, 1.165) is 28.0 Å². The number of rotatable bonds is 4. The van der Waals surface area contributed by atoms with Gasteiger partial charge in [-0.25, -0.2) is 4.98 Å². The summed E-state index contributed by atoms with van der Waals surface area (Å²) >= 11 is 0. The minimum atomic E-state index is 0.610. The zero-order valence-corrected chi connectivity index (χ0v) is 25.5. The molecule has 6 aromatic carbocycles. The fourth-order valence-electron chi connectivity index (χ4n) is 6.86. The smallest absolute Gasteiger partial charge is 0.238 e. The zero-order valence-electron chi connectivity index (χ0n) is 25.5. The number of benzene rings is 6. The van der Waals surface area contributed by atoms with Crippen molar-refractivity contribution in [3.8, 4) is 34.4 Å². The van der Waals surface area contributed by atoms with Gasteiger partial charge in [0, 0.05) is 38.7 Å². The number of hydrogen-bond acceptors (Lipinski definition) is 3. The lowest BCUT2D eigenvalue weighted by atomic mass is 10.0. The summed E-state index contributed by atoms with van der Waals surface area (Å²) in [5, 5.41) is 6.08. The molecule has 0 saturated carbocycles. The number of fused-ring (bicyclic) bond motifs is 6. The summed E-state index contributed by atoms with van der Waals surface area (Å²) in [6.45, 7) is 4.36. The molecule has 9 rings (SSSR count). The average molecular weight is 592 g/mol. The van der Waals surface area contributed by atoms with Gasteiger partial charge in [-0.1, -0.05) is 109 Å².